The van der Waals surface area contributed by atoms with Crippen LogP contribution in [-0.2, 0) is 6.54 Å². The fourth-order valence-electron chi connectivity index (χ4n) is 2.41. The Morgan fingerprint density at radius 2 is 2.00 bits per heavy atom. The van der Waals surface area contributed by atoms with Gasteiger partial charge in [-0.15, -0.1) is 0 Å². The molecule has 106 valence electrons. The van der Waals surface area contributed by atoms with Crippen LogP contribution < -0.4 is 14.8 Å². The second-order valence-electron chi connectivity index (χ2n) is 5.47. The number of ether oxygens (including phenoxy) is 2. The molecule has 2 rings (SSSR count). The average Bonchev–Trinajstić information content (AvgIpc) is 2.44. The molecule has 0 aromatic heterocycles. The van der Waals surface area contributed by atoms with Gasteiger partial charge in [0.1, 0.15) is 13.2 Å². The largest absolute Gasteiger partial charge is 0.486 e. The minimum absolute atomic E-state index is 0.523. The van der Waals surface area contributed by atoms with Crippen LogP contribution in [0, 0.1) is 5.92 Å². The molecule has 2 atom stereocenters. The zero-order valence-electron chi connectivity index (χ0n) is 12.2. The summed E-state index contributed by atoms with van der Waals surface area (Å²) < 4.78 is 11.3. The third-order valence-electron chi connectivity index (χ3n) is 3.74. The van der Waals surface area contributed by atoms with E-state index in [-0.39, 0.29) is 0 Å². The summed E-state index contributed by atoms with van der Waals surface area (Å²) in [6.07, 6.45) is 2.45. The zero-order valence-corrected chi connectivity index (χ0v) is 12.2. The molecule has 19 heavy (non-hydrogen) atoms. The highest BCUT2D eigenvalue weighted by atomic mass is 16.6. The second kappa shape index (κ2) is 6.80. The molecule has 0 spiro atoms. The third-order valence-corrected chi connectivity index (χ3v) is 3.74. The monoisotopic (exact) mass is 263 g/mol. The Hall–Kier alpha value is -1.22. The van der Waals surface area contributed by atoms with E-state index in [0.717, 1.165) is 24.0 Å². The van der Waals surface area contributed by atoms with Gasteiger partial charge in [-0.1, -0.05) is 32.4 Å². The standard InChI is InChI=1S/C16H25NO2/c1-4-12(2)10-13(3)17-11-14-6-5-7-15-16(14)19-9-8-18-15/h5-7,12-13,17H,4,8-11H2,1-3H3. The number of benzene rings is 1. The molecular formula is C16H25NO2. The Labute approximate surface area is 116 Å². The summed E-state index contributed by atoms with van der Waals surface area (Å²) in [5.74, 6) is 2.56. The van der Waals surface area contributed by atoms with Gasteiger partial charge in [-0.05, 0) is 25.3 Å². The lowest BCUT2D eigenvalue weighted by Crippen LogP contribution is -2.28. The number of para-hydroxylation sites is 1. The van der Waals surface area contributed by atoms with Gasteiger partial charge in [0.05, 0.1) is 0 Å². The van der Waals surface area contributed by atoms with Gasteiger partial charge in [0.25, 0.3) is 0 Å². The van der Waals surface area contributed by atoms with Gasteiger partial charge < -0.3 is 14.8 Å². The van der Waals surface area contributed by atoms with Crippen LogP contribution >= 0.6 is 0 Å². The van der Waals surface area contributed by atoms with E-state index in [1.54, 1.807) is 0 Å². The zero-order chi connectivity index (χ0) is 13.7. The summed E-state index contributed by atoms with van der Waals surface area (Å²) in [5.41, 5.74) is 1.19. The molecule has 1 aliphatic heterocycles. The van der Waals surface area contributed by atoms with E-state index < -0.39 is 0 Å². The van der Waals surface area contributed by atoms with E-state index in [9.17, 15) is 0 Å². The van der Waals surface area contributed by atoms with Gasteiger partial charge in [0, 0.05) is 18.2 Å². The van der Waals surface area contributed by atoms with Crippen molar-refractivity contribution in [2.75, 3.05) is 13.2 Å². The molecule has 0 saturated heterocycles. The number of hydrogen-bond acceptors (Lipinski definition) is 3. The van der Waals surface area contributed by atoms with Gasteiger partial charge in [0.15, 0.2) is 11.5 Å². The Morgan fingerprint density at radius 3 is 2.79 bits per heavy atom. The minimum Gasteiger partial charge on any atom is -0.486 e. The van der Waals surface area contributed by atoms with Gasteiger partial charge in [-0.2, -0.15) is 0 Å². The first-order valence-electron chi connectivity index (χ1n) is 7.31. The fourth-order valence-corrected chi connectivity index (χ4v) is 2.41. The first kappa shape index (κ1) is 14.2. The smallest absolute Gasteiger partial charge is 0.165 e. The molecule has 0 saturated carbocycles. The van der Waals surface area contributed by atoms with Crippen molar-refractivity contribution < 1.29 is 9.47 Å². The van der Waals surface area contributed by atoms with Gasteiger partial charge >= 0.3 is 0 Å². The van der Waals surface area contributed by atoms with E-state index in [0.29, 0.717) is 19.3 Å². The predicted molar refractivity (Wildman–Crippen MR) is 77.8 cm³/mol. The van der Waals surface area contributed by atoms with Crippen molar-refractivity contribution in [3.05, 3.63) is 23.8 Å². The molecule has 0 radical (unpaired) electrons. The van der Waals surface area contributed by atoms with E-state index in [4.69, 9.17) is 9.47 Å². The molecule has 1 N–H and O–H groups in total. The molecule has 3 nitrogen and oxygen atoms in total. The number of rotatable bonds is 6. The van der Waals surface area contributed by atoms with E-state index in [1.165, 1.54) is 18.4 Å². The molecule has 0 fully saturated rings. The molecule has 3 heteroatoms. The molecule has 0 amide bonds. The predicted octanol–water partition coefficient (Wildman–Crippen LogP) is 3.37. The molecule has 0 bridgehead atoms. The van der Waals surface area contributed by atoms with Crippen molar-refractivity contribution in [3.8, 4) is 11.5 Å². The molecule has 1 aromatic rings. The fraction of sp³-hybridized carbons (Fsp3) is 0.625. The summed E-state index contributed by atoms with van der Waals surface area (Å²) in [5, 5.41) is 3.58. The summed E-state index contributed by atoms with van der Waals surface area (Å²) in [6, 6.07) is 6.64. The Bertz CT molecular complexity index is 406. The highest BCUT2D eigenvalue weighted by Crippen LogP contribution is 2.33. The summed E-state index contributed by atoms with van der Waals surface area (Å²) in [4.78, 5) is 0. The van der Waals surface area contributed by atoms with Crippen LogP contribution in [0.15, 0.2) is 18.2 Å². The normalized spacial score (nSPS) is 17.0. The Morgan fingerprint density at radius 1 is 1.21 bits per heavy atom. The van der Waals surface area contributed by atoms with Crippen molar-refractivity contribution in [2.45, 2.75) is 46.2 Å². The summed E-state index contributed by atoms with van der Waals surface area (Å²) in [6.45, 7) is 8.93. The minimum atomic E-state index is 0.523. The van der Waals surface area contributed by atoms with Gasteiger partial charge in [-0.25, -0.2) is 0 Å². The topological polar surface area (TPSA) is 30.5 Å². The maximum Gasteiger partial charge on any atom is 0.165 e. The van der Waals surface area contributed by atoms with Crippen molar-refractivity contribution in [1.82, 2.24) is 5.32 Å². The van der Waals surface area contributed by atoms with E-state index >= 15 is 0 Å². The van der Waals surface area contributed by atoms with Gasteiger partial charge in [-0.3, -0.25) is 0 Å². The molecule has 2 unspecified atom stereocenters. The van der Waals surface area contributed by atoms with Crippen LogP contribution in [-0.4, -0.2) is 19.3 Å². The number of fused-ring (bicyclic) bond motifs is 1. The SMILES string of the molecule is CCC(C)CC(C)NCc1cccc2c1OCCO2. The highest BCUT2D eigenvalue weighted by Gasteiger charge is 2.16. The lowest BCUT2D eigenvalue weighted by Gasteiger charge is -2.22. The van der Waals surface area contributed by atoms with Crippen LogP contribution in [0.3, 0.4) is 0 Å². The van der Waals surface area contributed by atoms with Crippen LogP contribution in [0.4, 0.5) is 0 Å². The second-order valence-corrected chi connectivity index (χ2v) is 5.47. The molecule has 0 aliphatic carbocycles. The Balaban J connectivity index is 1.92. The average molecular weight is 263 g/mol. The van der Waals surface area contributed by atoms with Crippen LogP contribution in [0.2, 0.25) is 0 Å². The van der Waals surface area contributed by atoms with Crippen molar-refractivity contribution in [2.24, 2.45) is 5.92 Å². The maximum absolute atomic E-state index is 5.72. The lowest BCUT2D eigenvalue weighted by molar-refractivity contribution is 0.169. The van der Waals surface area contributed by atoms with Crippen molar-refractivity contribution in [3.63, 3.8) is 0 Å². The Kier molecular flexibility index (Phi) is 5.08. The lowest BCUT2D eigenvalue weighted by atomic mass is 10.0. The van der Waals surface area contributed by atoms with E-state index in [1.807, 2.05) is 12.1 Å². The van der Waals surface area contributed by atoms with E-state index in [2.05, 4.69) is 32.2 Å². The van der Waals surface area contributed by atoms with Crippen LogP contribution in [0.5, 0.6) is 11.5 Å². The quantitative estimate of drug-likeness (QED) is 0.853. The van der Waals surface area contributed by atoms with Crippen LogP contribution in [0.1, 0.15) is 39.2 Å². The first-order chi connectivity index (χ1) is 9.20. The first-order valence-corrected chi connectivity index (χ1v) is 7.31. The number of nitrogens with one attached hydrogen (secondary N) is 1. The van der Waals surface area contributed by atoms with Crippen molar-refractivity contribution in [1.29, 1.82) is 0 Å². The molecule has 1 aromatic carbocycles. The molecule has 1 aliphatic rings. The summed E-state index contributed by atoms with van der Waals surface area (Å²) in [7, 11) is 0. The third kappa shape index (κ3) is 3.87. The maximum atomic E-state index is 5.72. The highest BCUT2D eigenvalue weighted by molar-refractivity contribution is 5.47. The van der Waals surface area contributed by atoms with Gasteiger partial charge in [0.2, 0.25) is 0 Å². The number of hydrogen-bond donors (Lipinski definition) is 1. The van der Waals surface area contributed by atoms with Crippen LogP contribution in [0.25, 0.3) is 0 Å². The molecule has 1 heterocycles. The summed E-state index contributed by atoms with van der Waals surface area (Å²) >= 11 is 0. The molecular weight excluding hydrogens is 238 g/mol. The van der Waals surface area contributed by atoms with Crippen molar-refractivity contribution >= 4 is 0 Å².